The van der Waals surface area contributed by atoms with E-state index in [4.69, 9.17) is 11.6 Å². The zero-order valence-corrected chi connectivity index (χ0v) is 16.0. The minimum atomic E-state index is -3.53. The number of nitrogens with one attached hydrogen (secondary N) is 2. The third-order valence-electron chi connectivity index (χ3n) is 4.31. The number of quaternary nitrogens is 1. The molecular weight excluding hydrogens is 332 g/mol. The fourth-order valence-corrected chi connectivity index (χ4v) is 5.30. The van der Waals surface area contributed by atoms with Crippen LogP contribution in [-0.2, 0) is 10.0 Å². The Morgan fingerprint density at radius 2 is 1.70 bits per heavy atom. The first kappa shape index (κ1) is 18.7. The quantitative estimate of drug-likeness (QED) is 0.844. The largest absolute Gasteiger partial charge is 0.333 e. The van der Waals surface area contributed by atoms with Crippen molar-refractivity contribution >= 4 is 21.6 Å². The van der Waals surface area contributed by atoms with Crippen molar-refractivity contribution < 1.29 is 13.3 Å². The van der Waals surface area contributed by atoms with Crippen molar-refractivity contribution in [3.8, 4) is 0 Å². The van der Waals surface area contributed by atoms with Crippen molar-refractivity contribution in [2.45, 2.75) is 44.6 Å². The maximum atomic E-state index is 12.6. The topological polar surface area (TPSA) is 50.6 Å². The number of rotatable bonds is 5. The zero-order chi connectivity index (χ0) is 17.3. The average Bonchev–Trinajstić information content (AvgIpc) is 2.35. The van der Waals surface area contributed by atoms with Crippen LogP contribution in [0.5, 0.6) is 0 Å². The summed E-state index contributed by atoms with van der Waals surface area (Å²) in [6, 6.07) is 6.28. The van der Waals surface area contributed by atoms with Crippen molar-refractivity contribution in [1.82, 2.24) is 4.72 Å². The Morgan fingerprint density at radius 1 is 1.17 bits per heavy atom. The van der Waals surface area contributed by atoms with Gasteiger partial charge in [-0.1, -0.05) is 25.4 Å². The van der Waals surface area contributed by atoms with Crippen LogP contribution in [0.3, 0.4) is 0 Å². The summed E-state index contributed by atoms with van der Waals surface area (Å²) in [6.45, 7) is 11.5. The molecular formula is C17H28ClN2O2S+. The van der Waals surface area contributed by atoms with Crippen LogP contribution in [0.15, 0.2) is 29.2 Å². The van der Waals surface area contributed by atoms with E-state index in [1.165, 1.54) is 11.3 Å². The molecule has 1 aromatic rings. The van der Waals surface area contributed by atoms with Gasteiger partial charge in [0.2, 0.25) is 10.0 Å². The van der Waals surface area contributed by atoms with Crippen LogP contribution in [0.1, 0.15) is 34.1 Å². The minimum Gasteiger partial charge on any atom is -0.333 e. The first-order valence-electron chi connectivity index (χ1n) is 8.20. The highest BCUT2D eigenvalue weighted by atomic mass is 35.5. The number of likely N-dealkylation sites (tertiary alicyclic amines) is 1. The van der Waals surface area contributed by atoms with E-state index in [1.54, 1.807) is 24.3 Å². The lowest BCUT2D eigenvalue weighted by molar-refractivity contribution is -0.915. The Bertz CT molecular complexity index is 618. The van der Waals surface area contributed by atoms with E-state index in [9.17, 15) is 8.42 Å². The van der Waals surface area contributed by atoms with E-state index >= 15 is 0 Å². The minimum absolute atomic E-state index is 0.255. The Kier molecular flexibility index (Phi) is 5.77. The van der Waals surface area contributed by atoms with E-state index in [0.29, 0.717) is 16.9 Å². The summed E-state index contributed by atoms with van der Waals surface area (Å²) in [5.74, 6) is 1.38. The molecule has 0 saturated carbocycles. The van der Waals surface area contributed by atoms with Gasteiger partial charge in [-0.25, -0.2) is 8.42 Å². The highest BCUT2D eigenvalue weighted by Gasteiger charge is 2.33. The number of hydrogen-bond acceptors (Lipinski definition) is 2. The van der Waals surface area contributed by atoms with E-state index in [0.717, 1.165) is 19.6 Å². The predicted octanol–water partition coefficient (Wildman–Crippen LogP) is 1.96. The Hall–Kier alpha value is -0.620. The van der Waals surface area contributed by atoms with Gasteiger partial charge >= 0.3 is 0 Å². The lowest BCUT2D eigenvalue weighted by Gasteiger charge is -2.37. The molecule has 2 rings (SSSR count). The standard InChI is InChI=1S/C17H27ClN2O2S/c1-13-9-14(2)11-20(10-13)12-17(3,4)19-23(21,22)16-7-5-15(18)6-8-16/h5-8,13-14,19H,9-12H2,1-4H3/p+1/t13-,14-/m1/s1. The SMILES string of the molecule is C[C@@H]1C[C@@H](C)C[NH+](CC(C)(C)NS(=O)(=O)c2ccc(Cl)cc2)C1. The summed E-state index contributed by atoms with van der Waals surface area (Å²) >= 11 is 5.83. The molecule has 1 saturated heterocycles. The van der Waals surface area contributed by atoms with Gasteiger partial charge in [0.1, 0.15) is 0 Å². The van der Waals surface area contributed by atoms with Crippen molar-refractivity contribution in [3.05, 3.63) is 29.3 Å². The van der Waals surface area contributed by atoms with Crippen LogP contribution in [-0.4, -0.2) is 33.6 Å². The number of hydrogen-bond donors (Lipinski definition) is 2. The molecule has 4 nitrogen and oxygen atoms in total. The molecule has 0 spiro atoms. The van der Waals surface area contributed by atoms with E-state index < -0.39 is 15.6 Å². The maximum Gasteiger partial charge on any atom is 0.241 e. The van der Waals surface area contributed by atoms with Gasteiger partial charge in [-0.05, 0) is 44.5 Å². The molecule has 1 aliphatic rings. The molecule has 0 radical (unpaired) electrons. The number of sulfonamides is 1. The van der Waals surface area contributed by atoms with Crippen molar-refractivity contribution in [3.63, 3.8) is 0 Å². The molecule has 130 valence electrons. The zero-order valence-electron chi connectivity index (χ0n) is 14.4. The second-order valence-corrected chi connectivity index (χ2v) is 9.84. The van der Waals surface area contributed by atoms with Gasteiger partial charge in [0.25, 0.3) is 0 Å². The van der Waals surface area contributed by atoms with Crippen LogP contribution in [0.4, 0.5) is 0 Å². The van der Waals surface area contributed by atoms with Gasteiger partial charge in [-0.2, -0.15) is 4.72 Å². The molecule has 1 aromatic carbocycles. The Morgan fingerprint density at radius 3 is 2.22 bits per heavy atom. The smallest absolute Gasteiger partial charge is 0.241 e. The first-order valence-corrected chi connectivity index (χ1v) is 10.1. The van der Waals surface area contributed by atoms with Gasteiger partial charge in [-0.3, -0.25) is 0 Å². The number of piperidine rings is 1. The predicted molar refractivity (Wildman–Crippen MR) is 94.4 cm³/mol. The lowest BCUT2D eigenvalue weighted by Crippen LogP contribution is -3.16. The van der Waals surface area contributed by atoms with Gasteiger partial charge in [0, 0.05) is 16.9 Å². The average molecular weight is 360 g/mol. The molecule has 1 heterocycles. The molecule has 23 heavy (non-hydrogen) atoms. The number of benzene rings is 1. The van der Waals surface area contributed by atoms with Gasteiger partial charge in [0.15, 0.2) is 0 Å². The lowest BCUT2D eigenvalue weighted by atomic mass is 9.91. The molecule has 0 amide bonds. The number of halogens is 1. The van der Waals surface area contributed by atoms with Crippen LogP contribution in [0, 0.1) is 11.8 Å². The van der Waals surface area contributed by atoms with E-state index in [1.807, 2.05) is 13.8 Å². The Labute approximate surface area is 145 Å². The molecule has 2 N–H and O–H groups in total. The fourth-order valence-electron chi connectivity index (χ4n) is 3.76. The fraction of sp³-hybridized carbons (Fsp3) is 0.647. The molecule has 0 aromatic heterocycles. The monoisotopic (exact) mass is 359 g/mol. The highest BCUT2D eigenvalue weighted by molar-refractivity contribution is 7.89. The van der Waals surface area contributed by atoms with E-state index in [2.05, 4.69) is 18.6 Å². The summed E-state index contributed by atoms with van der Waals surface area (Å²) in [6.07, 6.45) is 1.26. The third kappa shape index (κ3) is 5.45. The van der Waals surface area contributed by atoms with Crippen molar-refractivity contribution in [2.75, 3.05) is 19.6 Å². The summed E-state index contributed by atoms with van der Waals surface area (Å²) < 4.78 is 28.0. The molecule has 0 bridgehead atoms. The normalized spacial score (nSPS) is 26.2. The second kappa shape index (κ2) is 7.09. The Balaban J connectivity index is 2.06. The third-order valence-corrected chi connectivity index (χ3v) is 6.27. The maximum absolute atomic E-state index is 12.6. The van der Waals surface area contributed by atoms with Crippen molar-refractivity contribution in [2.24, 2.45) is 11.8 Å². The molecule has 0 unspecified atom stereocenters. The van der Waals surface area contributed by atoms with Gasteiger partial charge in [0.05, 0.1) is 30.1 Å². The van der Waals surface area contributed by atoms with Crippen LogP contribution >= 0.6 is 11.6 Å². The second-order valence-electron chi connectivity index (χ2n) is 7.72. The molecule has 2 atom stereocenters. The van der Waals surface area contributed by atoms with Crippen molar-refractivity contribution in [1.29, 1.82) is 0 Å². The molecule has 1 fully saturated rings. The van der Waals surface area contributed by atoms with Crippen LogP contribution < -0.4 is 9.62 Å². The molecule has 1 aliphatic heterocycles. The van der Waals surface area contributed by atoms with Gasteiger partial charge < -0.3 is 4.90 Å². The molecule has 6 heteroatoms. The highest BCUT2D eigenvalue weighted by Crippen LogP contribution is 2.17. The summed E-state index contributed by atoms with van der Waals surface area (Å²) in [7, 11) is -3.53. The summed E-state index contributed by atoms with van der Waals surface area (Å²) in [4.78, 5) is 1.73. The van der Waals surface area contributed by atoms with Crippen LogP contribution in [0.25, 0.3) is 0 Å². The van der Waals surface area contributed by atoms with E-state index in [-0.39, 0.29) is 4.90 Å². The van der Waals surface area contributed by atoms with Crippen LogP contribution in [0.2, 0.25) is 5.02 Å². The summed E-state index contributed by atoms with van der Waals surface area (Å²) in [5.41, 5.74) is -0.495. The first-order chi connectivity index (χ1) is 10.6. The summed E-state index contributed by atoms with van der Waals surface area (Å²) in [5, 5.41) is 0.531. The molecule has 0 aliphatic carbocycles. The van der Waals surface area contributed by atoms with Gasteiger partial charge in [-0.15, -0.1) is 0 Å².